The number of ether oxygens (including phenoxy) is 1. The fraction of sp³-hybridized carbons (Fsp3) is 0.500. The van der Waals surface area contributed by atoms with E-state index in [4.69, 9.17) is 4.74 Å². The average molecular weight is 359 g/mol. The molecule has 0 saturated carbocycles. The molecule has 1 aromatic heterocycles. The highest BCUT2D eigenvalue weighted by atomic mass is 32.2. The van der Waals surface area contributed by atoms with Crippen molar-refractivity contribution >= 4 is 38.8 Å². The largest absolute Gasteiger partial charge is 0.456 e. The van der Waals surface area contributed by atoms with Crippen molar-refractivity contribution in [3.8, 4) is 0 Å². The van der Waals surface area contributed by atoms with Crippen molar-refractivity contribution < 1.29 is 27.5 Å². The number of rotatable bonds is 7. The van der Waals surface area contributed by atoms with Gasteiger partial charge in [0, 0.05) is 12.5 Å². The molecular weight excluding hydrogens is 342 g/mol. The topological polar surface area (TPSA) is 107 Å². The average Bonchev–Trinajstić information content (AvgIpc) is 3.12. The molecule has 1 aliphatic heterocycles. The second-order valence-corrected chi connectivity index (χ2v) is 8.41. The molecule has 126 valence electrons. The van der Waals surface area contributed by atoms with Crippen LogP contribution in [0.4, 0.5) is 0 Å². The van der Waals surface area contributed by atoms with Crippen LogP contribution in [0.25, 0.3) is 0 Å². The number of thiophene rings is 1. The summed E-state index contributed by atoms with van der Waals surface area (Å²) in [7, 11) is -3.07. The SMILES string of the molecule is O=C(COC(=O)CCC(=O)c1cccs1)N[C@@H]1CCS(=O)(=O)C1. The van der Waals surface area contributed by atoms with E-state index in [1.165, 1.54) is 11.3 Å². The smallest absolute Gasteiger partial charge is 0.306 e. The van der Waals surface area contributed by atoms with Crippen molar-refractivity contribution in [3.63, 3.8) is 0 Å². The van der Waals surface area contributed by atoms with Gasteiger partial charge in [0.2, 0.25) is 0 Å². The fourth-order valence-corrected chi connectivity index (χ4v) is 4.54. The molecule has 1 N–H and O–H groups in total. The van der Waals surface area contributed by atoms with E-state index in [9.17, 15) is 22.8 Å². The second-order valence-electron chi connectivity index (χ2n) is 5.23. The van der Waals surface area contributed by atoms with Gasteiger partial charge in [-0.15, -0.1) is 11.3 Å². The molecule has 2 rings (SSSR count). The summed E-state index contributed by atoms with van der Waals surface area (Å²) in [6, 6.07) is 3.01. The van der Waals surface area contributed by atoms with Gasteiger partial charge in [0.25, 0.3) is 5.91 Å². The lowest BCUT2D eigenvalue weighted by Gasteiger charge is -2.10. The first-order valence-electron chi connectivity index (χ1n) is 7.08. The molecule has 23 heavy (non-hydrogen) atoms. The van der Waals surface area contributed by atoms with E-state index < -0.39 is 34.4 Å². The third kappa shape index (κ3) is 5.76. The van der Waals surface area contributed by atoms with Crippen molar-refractivity contribution in [2.75, 3.05) is 18.1 Å². The first-order valence-corrected chi connectivity index (χ1v) is 9.78. The summed E-state index contributed by atoms with van der Waals surface area (Å²) in [5, 5.41) is 4.29. The number of hydrogen-bond donors (Lipinski definition) is 1. The summed E-state index contributed by atoms with van der Waals surface area (Å²) in [5.41, 5.74) is 0. The minimum absolute atomic E-state index is 0.0296. The van der Waals surface area contributed by atoms with Crippen molar-refractivity contribution in [3.05, 3.63) is 22.4 Å². The molecule has 0 radical (unpaired) electrons. The lowest BCUT2D eigenvalue weighted by molar-refractivity contribution is -0.148. The molecule has 1 aliphatic rings. The van der Waals surface area contributed by atoms with E-state index in [2.05, 4.69) is 5.32 Å². The number of carbonyl (C=O) groups is 3. The molecule has 1 aromatic rings. The Morgan fingerprint density at radius 3 is 2.70 bits per heavy atom. The Morgan fingerprint density at radius 2 is 2.09 bits per heavy atom. The highest BCUT2D eigenvalue weighted by Gasteiger charge is 2.29. The van der Waals surface area contributed by atoms with Crippen molar-refractivity contribution in [2.45, 2.75) is 25.3 Å². The van der Waals surface area contributed by atoms with Gasteiger partial charge in [-0.2, -0.15) is 0 Å². The van der Waals surface area contributed by atoms with Crippen molar-refractivity contribution in [1.29, 1.82) is 0 Å². The van der Waals surface area contributed by atoms with Crippen LogP contribution in [0.2, 0.25) is 0 Å². The van der Waals surface area contributed by atoms with E-state index in [0.29, 0.717) is 11.3 Å². The molecule has 1 amide bonds. The van der Waals surface area contributed by atoms with Gasteiger partial charge in [-0.25, -0.2) is 8.42 Å². The summed E-state index contributed by atoms with van der Waals surface area (Å²) in [6.07, 6.45) is 0.307. The quantitative estimate of drug-likeness (QED) is 0.563. The number of sulfone groups is 1. The van der Waals surface area contributed by atoms with Crippen LogP contribution < -0.4 is 5.32 Å². The third-order valence-electron chi connectivity index (χ3n) is 3.31. The number of Topliss-reactive ketones (excluding diaryl/α,β-unsaturated/α-hetero) is 1. The Bertz CT molecular complexity index is 680. The molecule has 0 bridgehead atoms. The Balaban J connectivity index is 1.64. The van der Waals surface area contributed by atoms with E-state index in [0.717, 1.165) is 0 Å². The van der Waals surface area contributed by atoms with Gasteiger partial charge in [0.15, 0.2) is 22.2 Å². The predicted molar refractivity (Wildman–Crippen MR) is 84.0 cm³/mol. The van der Waals surface area contributed by atoms with Crippen molar-refractivity contribution in [2.24, 2.45) is 0 Å². The lowest BCUT2D eigenvalue weighted by Crippen LogP contribution is -2.38. The molecule has 0 aliphatic carbocycles. The number of ketones is 1. The standard InChI is InChI=1S/C14H17NO6S2/c16-11(12-2-1-6-22-12)3-4-14(18)21-8-13(17)15-10-5-7-23(19,20)9-10/h1-2,6,10H,3-5,7-9H2,(H,15,17)/t10-/m1/s1. The molecule has 0 aromatic carbocycles. The molecule has 1 fully saturated rings. The number of amides is 1. The summed E-state index contributed by atoms with van der Waals surface area (Å²) < 4.78 is 27.3. The van der Waals surface area contributed by atoms with Crippen LogP contribution in [-0.2, 0) is 24.2 Å². The van der Waals surface area contributed by atoms with Crippen LogP contribution in [0.15, 0.2) is 17.5 Å². The molecule has 7 nitrogen and oxygen atoms in total. The fourth-order valence-electron chi connectivity index (χ4n) is 2.17. The zero-order chi connectivity index (χ0) is 16.9. The maximum atomic E-state index is 11.7. The van der Waals surface area contributed by atoms with Crippen LogP contribution in [0.3, 0.4) is 0 Å². The highest BCUT2D eigenvalue weighted by Crippen LogP contribution is 2.13. The number of nitrogens with one attached hydrogen (secondary N) is 1. The molecule has 1 saturated heterocycles. The predicted octanol–water partition coefficient (Wildman–Crippen LogP) is 0.558. The maximum absolute atomic E-state index is 11.7. The minimum atomic E-state index is -3.07. The molecule has 0 unspecified atom stereocenters. The summed E-state index contributed by atoms with van der Waals surface area (Å²) >= 11 is 1.30. The van der Waals surface area contributed by atoms with Gasteiger partial charge in [-0.1, -0.05) is 6.07 Å². The first kappa shape index (κ1) is 17.6. The third-order valence-corrected chi connectivity index (χ3v) is 5.99. The first-order chi connectivity index (χ1) is 10.9. The van der Waals surface area contributed by atoms with Gasteiger partial charge in [0.1, 0.15) is 0 Å². The Kier molecular flexibility index (Phi) is 5.89. The van der Waals surface area contributed by atoms with Crippen LogP contribution in [0.1, 0.15) is 28.9 Å². The van der Waals surface area contributed by atoms with Crippen LogP contribution in [0.5, 0.6) is 0 Å². The summed E-state index contributed by atoms with van der Waals surface area (Å²) in [4.78, 5) is 35.4. The van der Waals surface area contributed by atoms with Crippen LogP contribution in [-0.4, -0.2) is 50.2 Å². The molecule has 9 heteroatoms. The Labute approximate surface area is 137 Å². The van der Waals surface area contributed by atoms with E-state index in [-0.39, 0.29) is 30.1 Å². The Morgan fingerprint density at radius 1 is 1.30 bits per heavy atom. The van der Waals surface area contributed by atoms with Gasteiger partial charge in [0.05, 0.1) is 22.8 Å². The van der Waals surface area contributed by atoms with E-state index in [1.54, 1.807) is 17.5 Å². The molecular formula is C14H17NO6S2. The van der Waals surface area contributed by atoms with Gasteiger partial charge in [-0.05, 0) is 17.9 Å². The Hall–Kier alpha value is -1.74. The van der Waals surface area contributed by atoms with Gasteiger partial charge >= 0.3 is 5.97 Å². The molecule has 2 heterocycles. The van der Waals surface area contributed by atoms with Crippen LogP contribution in [0, 0.1) is 0 Å². The summed E-state index contributed by atoms with van der Waals surface area (Å²) in [6.45, 7) is -0.470. The van der Waals surface area contributed by atoms with Gasteiger partial charge in [-0.3, -0.25) is 14.4 Å². The van der Waals surface area contributed by atoms with E-state index in [1.807, 2.05) is 0 Å². The monoisotopic (exact) mass is 359 g/mol. The van der Waals surface area contributed by atoms with Crippen LogP contribution >= 0.6 is 11.3 Å². The molecule has 0 spiro atoms. The molecule has 1 atom stereocenters. The highest BCUT2D eigenvalue weighted by molar-refractivity contribution is 7.91. The number of esters is 1. The van der Waals surface area contributed by atoms with Crippen molar-refractivity contribution in [1.82, 2.24) is 5.32 Å². The minimum Gasteiger partial charge on any atom is -0.456 e. The van der Waals surface area contributed by atoms with E-state index >= 15 is 0 Å². The number of hydrogen-bond acceptors (Lipinski definition) is 7. The normalized spacial score (nSPS) is 19.2. The zero-order valence-electron chi connectivity index (χ0n) is 12.3. The lowest BCUT2D eigenvalue weighted by atomic mass is 10.2. The number of carbonyl (C=O) groups excluding carboxylic acids is 3. The second kappa shape index (κ2) is 7.69. The zero-order valence-corrected chi connectivity index (χ0v) is 14.0. The van der Waals surface area contributed by atoms with Gasteiger partial charge < -0.3 is 10.1 Å². The summed E-state index contributed by atoms with van der Waals surface area (Å²) in [5.74, 6) is -1.34. The maximum Gasteiger partial charge on any atom is 0.306 e.